The molecule has 6 rings (SSSR count). The first-order valence-electron chi connectivity index (χ1n) is 10.9. The summed E-state index contributed by atoms with van der Waals surface area (Å²) in [5.41, 5.74) is 3.87. The lowest BCUT2D eigenvalue weighted by Gasteiger charge is -2.26. The third-order valence-electron chi connectivity index (χ3n) is 6.07. The number of rotatable bonds is 4. The van der Waals surface area contributed by atoms with Crippen molar-refractivity contribution in [1.29, 1.82) is 0 Å². The highest BCUT2D eigenvalue weighted by atomic mass is 16.3. The fourth-order valence-electron chi connectivity index (χ4n) is 4.35. The van der Waals surface area contributed by atoms with Gasteiger partial charge in [-0.1, -0.05) is 24.3 Å². The van der Waals surface area contributed by atoms with Crippen molar-refractivity contribution in [1.82, 2.24) is 24.6 Å². The number of imidazole rings is 1. The number of aromatic hydroxyl groups is 1. The number of H-pyrrole nitrogens is 2. The van der Waals surface area contributed by atoms with E-state index in [1.54, 1.807) is 16.8 Å². The van der Waals surface area contributed by atoms with Crippen LogP contribution < -0.4 is 21.7 Å². The number of nitrogens with one attached hydrogen (secondary N) is 3. The van der Waals surface area contributed by atoms with Crippen LogP contribution in [0.4, 0.5) is 5.82 Å². The zero-order valence-electron chi connectivity index (χ0n) is 17.4. The Kier molecular flexibility index (Phi) is 4.34. The highest BCUT2D eigenvalue weighted by Gasteiger charge is 2.22. The molecule has 1 saturated carbocycles. The first-order chi connectivity index (χ1) is 15.6. The fourth-order valence-corrected chi connectivity index (χ4v) is 4.35. The van der Waals surface area contributed by atoms with Gasteiger partial charge in [0.2, 0.25) is 5.88 Å². The third-order valence-corrected chi connectivity index (χ3v) is 6.07. The number of hydrogen-bond donors (Lipinski definition) is 4. The quantitative estimate of drug-likeness (QED) is 0.392. The minimum atomic E-state index is -0.471. The number of fused-ring (bicyclic) bond motifs is 2. The molecule has 3 aromatic heterocycles. The van der Waals surface area contributed by atoms with Crippen LogP contribution in [0.1, 0.15) is 48.5 Å². The molecule has 1 aromatic carbocycles. The predicted molar refractivity (Wildman–Crippen MR) is 119 cm³/mol. The number of nitrogens with zero attached hydrogens (tertiary/aromatic N) is 4. The monoisotopic (exact) mass is 429 g/mol. The summed E-state index contributed by atoms with van der Waals surface area (Å²) in [5.74, 6) is 0.519. The first-order valence-corrected chi connectivity index (χ1v) is 10.9. The second kappa shape index (κ2) is 7.37. The van der Waals surface area contributed by atoms with Crippen molar-refractivity contribution < 1.29 is 5.11 Å². The normalized spacial score (nSPS) is 19.4. The van der Waals surface area contributed by atoms with Gasteiger partial charge in [0.25, 0.3) is 0 Å². The molecular weight excluding hydrogens is 406 g/mol. The van der Waals surface area contributed by atoms with E-state index >= 15 is 0 Å². The van der Waals surface area contributed by atoms with Crippen LogP contribution in [0.2, 0.25) is 0 Å². The van der Waals surface area contributed by atoms with Crippen molar-refractivity contribution >= 4 is 17.5 Å². The summed E-state index contributed by atoms with van der Waals surface area (Å²) in [5, 5.41) is 18.7. The Bertz CT molecular complexity index is 1490. The molecule has 162 valence electrons. The number of anilines is 1. The lowest BCUT2D eigenvalue weighted by Crippen LogP contribution is -2.23. The van der Waals surface area contributed by atoms with Crippen molar-refractivity contribution in [2.24, 2.45) is 4.99 Å². The molecule has 9 nitrogen and oxygen atoms in total. The van der Waals surface area contributed by atoms with Gasteiger partial charge in [-0.25, -0.2) is 9.78 Å². The molecule has 0 amide bonds. The Balaban J connectivity index is 1.48. The molecule has 4 N–H and O–H groups in total. The fraction of sp³-hybridized carbons (Fsp3) is 0.304. The van der Waals surface area contributed by atoms with Crippen molar-refractivity contribution in [2.45, 2.75) is 44.2 Å². The van der Waals surface area contributed by atoms with E-state index in [4.69, 9.17) is 9.98 Å². The largest absolute Gasteiger partial charge is 0.493 e. The predicted octanol–water partition coefficient (Wildman–Crippen LogP) is 1.55. The van der Waals surface area contributed by atoms with Crippen LogP contribution in [0.15, 0.2) is 46.3 Å². The molecule has 0 radical (unpaired) electrons. The zero-order valence-corrected chi connectivity index (χ0v) is 17.4. The van der Waals surface area contributed by atoms with Gasteiger partial charge in [-0.05, 0) is 49.3 Å². The summed E-state index contributed by atoms with van der Waals surface area (Å²) >= 11 is 0. The maximum atomic E-state index is 11.5. The Morgan fingerprint density at radius 1 is 1.22 bits per heavy atom. The van der Waals surface area contributed by atoms with Gasteiger partial charge in [0.1, 0.15) is 11.5 Å². The molecule has 2 aliphatic carbocycles. The highest BCUT2D eigenvalue weighted by Crippen LogP contribution is 2.31. The Morgan fingerprint density at radius 2 is 2.09 bits per heavy atom. The molecule has 4 aromatic rings. The average Bonchev–Trinajstić information content (AvgIpc) is 3.42. The lowest BCUT2D eigenvalue weighted by atomic mass is 9.88. The summed E-state index contributed by atoms with van der Waals surface area (Å²) < 4.78 is 1.71. The summed E-state index contributed by atoms with van der Waals surface area (Å²) in [7, 11) is 0. The number of aromatic nitrogens is 5. The second-order valence-corrected chi connectivity index (χ2v) is 8.47. The van der Waals surface area contributed by atoms with Gasteiger partial charge in [-0.15, -0.1) is 0 Å². The summed E-state index contributed by atoms with van der Waals surface area (Å²) in [6.07, 6.45) is 8.76. The average molecular weight is 429 g/mol. The molecule has 32 heavy (non-hydrogen) atoms. The third kappa shape index (κ3) is 3.45. The van der Waals surface area contributed by atoms with Gasteiger partial charge in [0, 0.05) is 11.3 Å². The van der Waals surface area contributed by atoms with Gasteiger partial charge < -0.3 is 15.4 Å². The molecule has 1 atom stereocenters. The highest BCUT2D eigenvalue weighted by molar-refractivity contribution is 5.58. The molecular formula is C23H23N7O2. The van der Waals surface area contributed by atoms with E-state index in [1.165, 1.54) is 11.1 Å². The van der Waals surface area contributed by atoms with Crippen LogP contribution in [-0.2, 0) is 6.42 Å². The minimum absolute atomic E-state index is 0.184. The van der Waals surface area contributed by atoms with Crippen LogP contribution in [0.3, 0.4) is 0 Å². The lowest BCUT2D eigenvalue weighted by molar-refractivity contribution is 0.454. The van der Waals surface area contributed by atoms with Crippen molar-refractivity contribution in [3.05, 3.63) is 74.5 Å². The number of benzene rings is 1. The molecule has 9 heteroatoms. The first kappa shape index (κ1) is 18.9. The SMILES string of the molecule is O=c1[nH]c(O)c(C=c2cnn3c(=NC4CC4)cc(NC4CCCc5ccccc54)nc23)[nH]1. The molecule has 2 aliphatic rings. The Hall–Kier alpha value is -3.88. The molecule has 0 aliphatic heterocycles. The Labute approximate surface area is 182 Å². The molecule has 3 heterocycles. The second-order valence-electron chi connectivity index (χ2n) is 8.47. The van der Waals surface area contributed by atoms with E-state index in [-0.39, 0.29) is 17.6 Å². The molecule has 1 unspecified atom stereocenters. The molecule has 0 bridgehead atoms. The summed E-state index contributed by atoms with van der Waals surface area (Å²) in [4.78, 5) is 26.1. The molecule has 1 fully saturated rings. The maximum absolute atomic E-state index is 11.5. The van der Waals surface area contributed by atoms with Gasteiger partial charge in [0.15, 0.2) is 11.1 Å². The smallest absolute Gasteiger partial charge is 0.326 e. The number of aryl methyl sites for hydroxylation is 1. The van der Waals surface area contributed by atoms with Crippen molar-refractivity contribution in [3.63, 3.8) is 0 Å². The van der Waals surface area contributed by atoms with E-state index in [1.807, 2.05) is 6.07 Å². The van der Waals surface area contributed by atoms with Crippen LogP contribution in [-0.4, -0.2) is 35.7 Å². The number of aromatic amines is 2. The van der Waals surface area contributed by atoms with Crippen molar-refractivity contribution in [3.8, 4) is 5.88 Å². The maximum Gasteiger partial charge on any atom is 0.326 e. The molecule has 0 saturated heterocycles. The van der Waals surface area contributed by atoms with E-state index in [9.17, 15) is 9.90 Å². The number of hydrogen-bond acceptors (Lipinski definition) is 6. The van der Waals surface area contributed by atoms with Crippen LogP contribution >= 0.6 is 0 Å². The van der Waals surface area contributed by atoms with E-state index < -0.39 is 5.69 Å². The van der Waals surface area contributed by atoms with E-state index in [0.717, 1.165) is 43.4 Å². The minimum Gasteiger partial charge on any atom is -0.493 e. The van der Waals surface area contributed by atoms with Crippen molar-refractivity contribution in [2.75, 3.05) is 5.32 Å². The van der Waals surface area contributed by atoms with Gasteiger partial charge in [0.05, 0.1) is 18.3 Å². The standard InChI is InChI=1S/C23H23N7O2/c31-22-18(27-23(32)29-22)10-14-12-24-30-20(25-15-8-9-15)11-19(28-21(14)30)26-17-7-3-5-13-4-1-2-6-16(13)17/h1-2,4,6,10-12,15,17,26,31H,3,5,7-9H2,(H2,27,29,32). The topological polar surface area (TPSA) is 123 Å². The van der Waals surface area contributed by atoms with E-state index in [2.05, 4.69) is 44.6 Å². The van der Waals surface area contributed by atoms with Gasteiger partial charge in [-0.2, -0.15) is 9.61 Å². The Morgan fingerprint density at radius 3 is 2.91 bits per heavy atom. The van der Waals surface area contributed by atoms with Crippen LogP contribution in [0, 0.1) is 0 Å². The van der Waals surface area contributed by atoms with Gasteiger partial charge >= 0.3 is 5.69 Å². The summed E-state index contributed by atoms with van der Waals surface area (Å²) in [6, 6.07) is 11.0. The van der Waals surface area contributed by atoms with Crippen LogP contribution in [0.25, 0.3) is 11.7 Å². The summed E-state index contributed by atoms with van der Waals surface area (Å²) in [6.45, 7) is 0. The zero-order chi connectivity index (χ0) is 21.7. The molecule has 0 spiro atoms. The van der Waals surface area contributed by atoms with E-state index in [0.29, 0.717) is 16.9 Å². The van der Waals surface area contributed by atoms with Crippen LogP contribution in [0.5, 0.6) is 5.88 Å². The van der Waals surface area contributed by atoms with Gasteiger partial charge in [-0.3, -0.25) is 9.98 Å².